The lowest BCUT2D eigenvalue weighted by Crippen LogP contribution is -2.29. The van der Waals surface area contributed by atoms with Crippen molar-refractivity contribution >= 4 is 39.9 Å². The maximum atomic E-state index is 13.6. The first kappa shape index (κ1) is 28.9. The van der Waals surface area contributed by atoms with Gasteiger partial charge in [-0.2, -0.15) is 0 Å². The summed E-state index contributed by atoms with van der Waals surface area (Å²) in [5, 5.41) is 11.7. The second kappa shape index (κ2) is 12.1. The first-order chi connectivity index (χ1) is 20.3. The van der Waals surface area contributed by atoms with Crippen LogP contribution in [0.15, 0.2) is 42.0 Å². The lowest BCUT2D eigenvalue weighted by atomic mass is 9.95. The molecule has 0 aliphatic carbocycles. The van der Waals surface area contributed by atoms with Crippen LogP contribution in [-0.2, 0) is 14.3 Å². The molecule has 1 fully saturated rings. The Labute approximate surface area is 246 Å². The van der Waals surface area contributed by atoms with Crippen LogP contribution in [0.25, 0.3) is 5.76 Å². The number of esters is 1. The molecule has 0 bridgehead atoms. The fraction of sp³-hybridized carbons (Fsp3) is 0.333. The maximum Gasteiger partial charge on any atom is 0.350 e. The van der Waals surface area contributed by atoms with E-state index < -0.39 is 29.5 Å². The van der Waals surface area contributed by atoms with Gasteiger partial charge in [0.05, 0.1) is 37.1 Å². The van der Waals surface area contributed by atoms with Crippen molar-refractivity contribution in [1.82, 2.24) is 4.98 Å². The molecule has 0 radical (unpaired) electrons. The normalized spacial score (nSPS) is 17.3. The van der Waals surface area contributed by atoms with E-state index in [2.05, 4.69) is 4.98 Å². The highest BCUT2D eigenvalue weighted by Crippen LogP contribution is 2.46. The van der Waals surface area contributed by atoms with Crippen molar-refractivity contribution in [2.75, 3.05) is 37.9 Å². The summed E-state index contributed by atoms with van der Waals surface area (Å²) in [5.41, 5.74) is 0.919. The number of fused-ring (bicyclic) bond motifs is 1. The van der Waals surface area contributed by atoms with Crippen LogP contribution in [0.5, 0.6) is 23.0 Å². The number of aliphatic hydroxyl groups excluding tert-OH is 1. The van der Waals surface area contributed by atoms with E-state index in [0.29, 0.717) is 60.7 Å². The van der Waals surface area contributed by atoms with Crippen molar-refractivity contribution in [3.05, 3.63) is 63.7 Å². The summed E-state index contributed by atoms with van der Waals surface area (Å²) in [7, 11) is 0. The van der Waals surface area contributed by atoms with Gasteiger partial charge in [-0.25, -0.2) is 9.78 Å². The zero-order chi connectivity index (χ0) is 30.0. The van der Waals surface area contributed by atoms with Gasteiger partial charge in [-0.3, -0.25) is 14.5 Å². The fourth-order valence-corrected chi connectivity index (χ4v) is 5.79. The number of hydrogen-bond acceptors (Lipinski definition) is 11. The fourth-order valence-electron chi connectivity index (χ4n) is 4.80. The number of hydrogen-bond donors (Lipinski definition) is 1. The van der Waals surface area contributed by atoms with Crippen molar-refractivity contribution in [3.63, 3.8) is 0 Å². The average molecular weight is 595 g/mol. The van der Waals surface area contributed by atoms with Crippen molar-refractivity contribution in [3.8, 4) is 23.0 Å². The van der Waals surface area contributed by atoms with E-state index in [1.165, 1.54) is 4.90 Å². The highest BCUT2D eigenvalue weighted by molar-refractivity contribution is 7.17. The van der Waals surface area contributed by atoms with Gasteiger partial charge in [0.15, 0.2) is 28.1 Å². The van der Waals surface area contributed by atoms with Crippen LogP contribution < -0.4 is 23.8 Å². The predicted octanol–water partition coefficient (Wildman–Crippen LogP) is 4.82. The molecule has 1 atom stereocenters. The van der Waals surface area contributed by atoms with Gasteiger partial charge in [-0.1, -0.05) is 17.4 Å². The van der Waals surface area contributed by atoms with Crippen molar-refractivity contribution in [1.29, 1.82) is 0 Å². The van der Waals surface area contributed by atoms with Gasteiger partial charge in [-0.05, 0) is 63.6 Å². The molecule has 2 aliphatic rings. The van der Waals surface area contributed by atoms with Gasteiger partial charge in [0, 0.05) is 5.56 Å². The third kappa shape index (κ3) is 5.25. The molecule has 0 spiro atoms. The average Bonchev–Trinajstić information content (AvgIpc) is 3.50. The molecule has 0 saturated carbocycles. The molecule has 1 aromatic heterocycles. The third-order valence-electron chi connectivity index (χ3n) is 6.60. The number of Topliss-reactive ketones (excluding diaryl/α,β-unsaturated/α-hetero) is 1. The highest BCUT2D eigenvalue weighted by Gasteiger charge is 2.48. The Morgan fingerprint density at radius 2 is 1.71 bits per heavy atom. The van der Waals surface area contributed by atoms with Crippen LogP contribution in [0.3, 0.4) is 0 Å². The number of ketones is 1. The van der Waals surface area contributed by atoms with Crippen molar-refractivity contribution in [2.24, 2.45) is 0 Å². The standard InChI is InChI=1S/C30H30N2O9S/c1-5-37-19-10-8-17(14-21(19)38-6-2)24-23(25(33)18-9-11-20-22(15-18)41-13-12-40-20)26(34)28(35)32(24)30-31-16(4)27(42-30)29(36)39-7-3/h8-11,14-15,24,33H,5-7,12-13H2,1-4H3. The van der Waals surface area contributed by atoms with Gasteiger partial charge in [-0.15, -0.1) is 0 Å². The Balaban J connectivity index is 1.70. The minimum absolute atomic E-state index is 0.107. The van der Waals surface area contributed by atoms with Gasteiger partial charge in [0.1, 0.15) is 23.9 Å². The molecule has 220 valence electrons. The predicted molar refractivity (Wildman–Crippen MR) is 154 cm³/mol. The van der Waals surface area contributed by atoms with Crippen LogP contribution in [0, 0.1) is 6.92 Å². The van der Waals surface area contributed by atoms with E-state index in [1.807, 2.05) is 13.8 Å². The number of carbonyl (C=O) groups excluding carboxylic acids is 3. The summed E-state index contributed by atoms with van der Waals surface area (Å²) in [5.74, 6) is -0.991. The number of ether oxygens (including phenoxy) is 5. The number of benzene rings is 2. The Morgan fingerprint density at radius 1 is 1.00 bits per heavy atom. The molecule has 1 saturated heterocycles. The lowest BCUT2D eigenvalue weighted by Gasteiger charge is -2.24. The molecule has 3 heterocycles. The first-order valence-corrected chi connectivity index (χ1v) is 14.4. The third-order valence-corrected chi connectivity index (χ3v) is 7.73. The molecular weight excluding hydrogens is 564 g/mol. The van der Waals surface area contributed by atoms with Crippen LogP contribution in [-0.4, -0.2) is 60.8 Å². The molecule has 1 amide bonds. The van der Waals surface area contributed by atoms with Crippen LogP contribution >= 0.6 is 11.3 Å². The Bertz CT molecular complexity index is 1580. The van der Waals surface area contributed by atoms with Crippen molar-refractivity contribution in [2.45, 2.75) is 33.7 Å². The molecule has 2 aliphatic heterocycles. The summed E-state index contributed by atoms with van der Waals surface area (Å²) >= 11 is 0.933. The zero-order valence-corrected chi connectivity index (χ0v) is 24.4. The first-order valence-electron chi connectivity index (χ1n) is 13.5. The molecule has 1 N–H and O–H groups in total. The Hall–Kier alpha value is -4.58. The van der Waals surface area contributed by atoms with E-state index >= 15 is 0 Å². The number of amides is 1. The van der Waals surface area contributed by atoms with Crippen molar-refractivity contribution < 1.29 is 43.2 Å². The SMILES string of the molecule is CCOC(=O)c1sc(N2C(=O)C(=O)C(=C(O)c3ccc4c(c3)OCCO4)C2c2ccc(OCC)c(OCC)c2)nc1C. The largest absolute Gasteiger partial charge is 0.507 e. The van der Waals surface area contributed by atoms with E-state index in [0.717, 1.165) is 11.3 Å². The number of anilines is 1. The van der Waals surface area contributed by atoms with E-state index in [4.69, 9.17) is 23.7 Å². The van der Waals surface area contributed by atoms with Crippen LogP contribution in [0.1, 0.15) is 53.3 Å². The van der Waals surface area contributed by atoms with Crippen LogP contribution in [0.2, 0.25) is 0 Å². The quantitative estimate of drug-likeness (QED) is 0.159. The summed E-state index contributed by atoms with van der Waals surface area (Å²) in [6.07, 6.45) is 0. The number of aliphatic hydroxyl groups is 1. The van der Waals surface area contributed by atoms with E-state index in [1.54, 1.807) is 50.2 Å². The summed E-state index contributed by atoms with van der Waals surface area (Å²) in [6, 6.07) is 8.73. The molecule has 3 aromatic rings. The van der Waals surface area contributed by atoms with E-state index in [-0.39, 0.29) is 27.8 Å². The summed E-state index contributed by atoms with van der Waals surface area (Å²) in [4.78, 5) is 45.7. The smallest absolute Gasteiger partial charge is 0.350 e. The number of rotatable bonds is 9. The summed E-state index contributed by atoms with van der Waals surface area (Å²) in [6.45, 7) is 8.61. The number of thiazole rings is 1. The van der Waals surface area contributed by atoms with Gasteiger partial charge in [0.2, 0.25) is 0 Å². The lowest BCUT2D eigenvalue weighted by molar-refractivity contribution is -0.132. The molecule has 12 heteroatoms. The molecule has 2 aromatic carbocycles. The molecule has 5 rings (SSSR count). The monoisotopic (exact) mass is 594 g/mol. The van der Waals surface area contributed by atoms with Gasteiger partial charge in [0.25, 0.3) is 5.78 Å². The molecule has 11 nitrogen and oxygen atoms in total. The molecular formula is C30H30N2O9S. The Morgan fingerprint density at radius 3 is 2.43 bits per heavy atom. The second-order valence-electron chi connectivity index (χ2n) is 9.23. The van der Waals surface area contributed by atoms with Gasteiger partial charge >= 0.3 is 11.9 Å². The Kier molecular flexibility index (Phi) is 8.34. The topological polar surface area (TPSA) is 134 Å². The van der Waals surface area contributed by atoms with Crippen LogP contribution in [0.4, 0.5) is 5.13 Å². The second-order valence-corrected chi connectivity index (χ2v) is 10.2. The molecule has 42 heavy (non-hydrogen) atoms. The minimum atomic E-state index is -1.10. The van der Waals surface area contributed by atoms with Gasteiger partial charge < -0.3 is 28.8 Å². The number of nitrogens with zero attached hydrogens (tertiary/aromatic N) is 2. The molecule has 1 unspecified atom stereocenters. The van der Waals surface area contributed by atoms with E-state index in [9.17, 15) is 19.5 Å². The number of carbonyl (C=O) groups is 3. The summed E-state index contributed by atoms with van der Waals surface area (Å²) < 4.78 is 27.9. The minimum Gasteiger partial charge on any atom is -0.507 e. The highest BCUT2D eigenvalue weighted by atomic mass is 32.1. The zero-order valence-electron chi connectivity index (χ0n) is 23.6. The number of aromatic nitrogens is 1. The maximum absolute atomic E-state index is 13.6. The number of aryl methyl sites for hydroxylation is 1.